The van der Waals surface area contributed by atoms with Gasteiger partial charge in [-0.3, -0.25) is 9.59 Å². The second kappa shape index (κ2) is 13.6. The third kappa shape index (κ3) is 7.66. The van der Waals surface area contributed by atoms with Gasteiger partial charge in [-0.2, -0.15) is 5.26 Å². The number of aliphatic hydroxyl groups excluding tert-OH is 1. The third-order valence-corrected chi connectivity index (χ3v) is 6.76. The number of carbonyl (C=O) groups excluding carboxylic acids is 2. The van der Waals surface area contributed by atoms with Crippen molar-refractivity contribution in [2.75, 3.05) is 29.9 Å². The number of benzene rings is 3. The van der Waals surface area contributed by atoms with Gasteiger partial charge < -0.3 is 26.0 Å². The maximum absolute atomic E-state index is 13.5. The number of anilines is 2. The Morgan fingerprint density at radius 3 is 2.59 bits per heavy atom. The number of aliphatic hydroxyl groups is 1. The summed E-state index contributed by atoms with van der Waals surface area (Å²) in [5.74, 6) is -0.261. The molecule has 0 aliphatic carbocycles. The molecular weight excluding hydrogens is 490 g/mol. The molecule has 2 atom stereocenters. The van der Waals surface area contributed by atoms with Crippen LogP contribution in [0.3, 0.4) is 0 Å². The minimum atomic E-state index is -0.870. The van der Waals surface area contributed by atoms with Crippen LogP contribution in [-0.2, 0) is 17.8 Å². The van der Waals surface area contributed by atoms with E-state index in [1.165, 1.54) is 0 Å². The number of hydrogen-bond acceptors (Lipinski definition) is 6. The van der Waals surface area contributed by atoms with E-state index in [2.05, 4.69) is 22.0 Å². The molecule has 8 nitrogen and oxygen atoms in total. The molecule has 202 valence electrons. The smallest absolute Gasteiger partial charge is 0.251 e. The summed E-state index contributed by atoms with van der Waals surface area (Å²) in [5, 5.41) is 29.8. The lowest BCUT2D eigenvalue weighted by molar-refractivity contribution is -0.117. The normalized spacial score (nSPS) is 14.5. The standard InChI is InChI=1S/C31H35N5O3/c1-2-34-26-16-25(17-27(18-26)36-13-7-12-30(36)38)31(39)35-28(15-22-8-4-3-5-9-22)29(37)21-33-20-24-11-6-10-23(14-24)19-32/h3-6,8-11,14,16-18,28-29,33-34,37H,2,7,12-13,15,20-21H2,1H3,(H,35,39)/t28-,29-/m0/s1. The average molecular weight is 526 g/mol. The van der Waals surface area contributed by atoms with Crippen LogP contribution in [0.1, 0.15) is 46.8 Å². The van der Waals surface area contributed by atoms with Gasteiger partial charge in [0.1, 0.15) is 0 Å². The number of nitrogens with one attached hydrogen (secondary N) is 3. The second-order valence-electron chi connectivity index (χ2n) is 9.73. The molecule has 8 heteroatoms. The molecule has 3 aromatic carbocycles. The van der Waals surface area contributed by atoms with Crippen LogP contribution in [0.5, 0.6) is 0 Å². The molecule has 0 bridgehead atoms. The van der Waals surface area contributed by atoms with Gasteiger partial charge in [0.2, 0.25) is 5.91 Å². The van der Waals surface area contributed by atoms with Crippen molar-refractivity contribution in [3.63, 3.8) is 0 Å². The first-order valence-corrected chi connectivity index (χ1v) is 13.4. The van der Waals surface area contributed by atoms with Crippen LogP contribution < -0.4 is 20.9 Å². The van der Waals surface area contributed by atoms with Crippen molar-refractivity contribution in [3.05, 3.63) is 95.1 Å². The summed E-state index contributed by atoms with van der Waals surface area (Å²) in [6.07, 6.45) is 0.880. The van der Waals surface area contributed by atoms with Gasteiger partial charge in [-0.1, -0.05) is 42.5 Å². The van der Waals surface area contributed by atoms with E-state index in [0.29, 0.717) is 49.3 Å². The molecule has 0 aromatic heterocycles. The Balaban J connectivity index is 1.50. The van der Waals surface area contributed by atoms with E-state index in [-0.39, 0.29) is 18.4 Å². The lowest BCUT2D eigenvalue weighted by atomic mass is 10.00. The van der Waals surface area contributed by atoms with Gasteiger partial charge in [-0.05, 0) is 61.2 Å². The summed E-state index contributed by atoms with van der Waals surface area (Å²) < 4.78 is 0. The topological polar surface area (TPSA) is 117 Å². The number of nitriles is 1. The van der Waals surface area contributed by atoms with E-state index in [1.54, 1.807) is 23.1 Å². The van der Waals surface area contributed by atoms with Crippen LogP contribution in [0.25, 0.3) is 0 Å². The molecule has 0 unspecified atom stereocenters. The zero-order valence-electron chi connectivity index (χ0n) is 22.2. The summed E-state index contributed by atoms with van der Waals surface area (Å²) in [6, 6.07) is 24.0. The zero-order valence-corrected chi connectivity index (χ0v) is 22.2. The molecule has 3 aromatic rings. The molecule has 0 saturated carbocycles. The molecule has 1 aliphatic rings. The lowest BCUT2D eigenvalue weighted by Crippen LogP contribution is -2.48. The van der Waals surface area contributed by atoms with Crippen LogP contribution in [-0.4, -0.2) is 48.7 Å². The molecule has 1 fully saturated rings. The van der Waals surface area contributed by atoms with Gasteiger partial charge in [-0.25, -0.2) is 0 Å². The van der Waals surface area contributed by atoms with Gasteiger partial charge in [0.25, 0.3) is 5.91 Å². The van der Waals surface area contributed by atoms with Crippen molar-refractivity contribution < 1.29 is 14.7 Å². The van der Waals surface area contributed by atoms with Crippen molar-refractivity contribution >= 4 is 23.2 Å². The van der Waals surface area contributed by atoms with Crippen LogP contribution in [0.15, 0.2) is 72.8 Å². The molecule has 1 heterocycles. The van der Waals surface area contributed by atoms with Crippen LogP contribution in [0.4, 0.5) is 11.4 Å². The molecule has 39 heavy (non-hydrogen) atoms. The number of nitrogens with zero attached hydrogens (tertiary/aromatic N) is 2. The van der Waals surface area contributed by atoms with Crippen LogP contribution in [0.2, 0.25) is 0 Å². The Morgan fingerprint density at radius 2 is 1.87 bits per heavy atom. The monoisotopic (exact) mass is 525 g/mol. The number of carbonyl (C=O) groups is 2. The van der Waals surface area contributed by atoms with E-state index in [4.69, 9.17) is 5.26 Å². The second-order valence-corrected chi connectivity index (χ2v) is 9.73. The quantitative estimate of drug-likeness (QED) is 0.287. The van der Waals surface area contributed by atoms with Crippen LogP contribution in [0, 0.1) is 11.3 Å². The van der Waals surface area contributed by atoms with Gasteiger partial charge in [-0.15, -0.1) is 0 Å². The van der Waals surface area contributed by atoms with Crippen LogP contribution >= 0.6 is 0 Å². The molecular formula is C31H35N5O3. The molecule has 0 radical (unpaired) electrons. The summed E-state index contributed by atoms with van der Waals surface area (Å²) in [7, 11) is 0. The maximum atomic E-state index is 13.5. The van der Waals surface area contributed by atoms with Crippen molar-refractivity contribution in [1.82, 2.24) is 10.6 Å². The number of hydrogen-bond donors (Lipinski definition) is 4. The molecule has 4 rings (SSSR count). The lowest BCUT2D eigenvalue weighted by Gasteiger charge is -2.25. The highest BCUT2D eigenvalue weighted by molar-refractivity contribution is 6.00. The summed E-state index contributed by atoms with van der Waals surface area (Å²) >= 11 is 0. The van der Waals surface area contributed by atoms with Gasteiger partial charge in [0.05, 0.1) is 23.8 Å². The fourth-order valence-corrected chi connectivity index (χ4v) is 4.79. The minimum absolute atomic E-state index is 0.0544. The Bertz CT molecular complexity index is 1320. The molecule has 4 N–H and O–H groups in total. The SMILES string of the molecule is CCNc1cc(C(=O)N[C@@H](Cc2ccccc2)[C@@H](O)CNCc2cccc(C#N)c2)cc(N2CCCC2=O)c1. The highest BCUT2D eigenvalue weighted by atomic mass is 16.3. The van der Waals surface area contributed by atoms with Gasteiger partial charge >= 0.3 is 0 Å². The van der Waals surface area contributed by atoms with E-state index >= 15 is 0 Å². The van der Waals surface area contributed by atoms with E-state index in [0.717, 1.165) is 23.2 Å². The maximum Gasteiger partial charge on any atom is 0.251 e. The molecule has 1 saturated heterocycles. The van der Waals surface area contributed by atoms with E-state index in [9.17, 15) is 14.7 Å². The van der Waals surface area contributed by atoms with Crippen molar-refractivity contribution in [3.8, 4) is 6.07 Å². The van der Waals surface area contributed by atoms with Gasteiger partial charge in [0, 0.05) is 49.5 Å². The molecule has 0 spiro atoms. The summed E-state index contributed by atoms with van der Waals surface area (Å²) in [4.78, 5) is 27.6. The fraction of sp³-hybridized carbons (Fsp3) is 0.323. The third-order valence-electron chi connectivity index (χ3n) is 6.76. The summed E-state index contributed by atoms with van der Waals surface area (Å²) in [5.41, 5.74) is 4.40. The Morgan fingerprint density at radius 1 is 1.08 bits per heavy atom. The Kier molecular flexibility index (Phi) is 9.68. The predicted octanol–water partition coefficient (Wildman–Crippen LogP) is 3.61. The van der Waals surface area contributed by atoms with Gasteiger partial charge in [0.15, 0.2) is 0 Å². The first-order valence-electron chi connectivity index (χ1n) is 13.4. The highest BCUT2D eigenvalue weighted by Gasteiger charge is 2.25. The summed E-state index contributed by atoms with van der Waals surface area (Å²) in [6.45, 7) is 4.02. The largest absolute Gasteiger partial charge is 0.390 e. The first kappa shape index (κ1) is 27.8. The Hall–Kier alpha value is -4.19. The molecule has 1 aliphatic heterocycles. The highest BCUT2D eigenvalue weighted by Crippen LogP contribution is 2.27. The number of amides is 2. The van der Waals surface area contributed by atoms with E-state index in [1.807, 2.05) is 61.5 Å². The van der Waals surface area contributed by atoms with Crippen molar-refractivity contribution in [2.45, 2.75) is 44.9 Å². The molecule has 2 amide bonds. The minimum Gasteiger partial charge on any atom is -0.390 e. The fourth-order valence-electron chi connectivity index (χ4n) is 4.79. The average Bonchev–Trinajstić information content (AvgIpc) is 3.39. The zero-order chi connectivity index (χ0) is 27.6. The Labute approximate surface area is 229 Å². The van der Waals surface area contributed by atoms with Crippen molar-refractivity contribution in [2.24, 2.45) is 0 Å². The van der Waals surface area contributed by atoms with Crippen molar-refractivity contribution in [1.29, 1.82) is 5.26 Å². The number of rotatable bonds is 12. The predicted molar refractivity (Wildman–Crippen MR) is 152 cm³/mol. The first-order chi connectivity index (χ1) is 19.0. The van der Waals surface area contributed by atoms with E-state index < -0.39 is 12.1 Å².